The topological polar surface area (TPSA) is 43.4 Å². The highest BCUT2D eigenvalue weighted by molar-refractivity contribution is 8.04. The minimum absolute atomic E-state index is 0.221. The number of carbonyl (C=O) groups excluding carboxylic acids is 2. The average molecular weight is 332 g/mol. The highest BCUT2D eigenvalue weighted by Gasteiger charge is 2.23. The highest BCUT2D eigenvalue weighted by atomic mass is 32.2. The summed E-state index contributed by atoms with van der Waals surface area (Å²) in [5.74, 6) is 0.710. The SMILES string of the molecule is CC(C(=O)OC(C)(C)C)c1ccc(/C=C2/SCCCC2=O)cc1. The molecule has 1 unspecified atom stereocenters. The third-order valence-corrected chi connectivity index (χ3v) is 4.72. The molecule has 1 heterocycles. The molecule has 2 rings (SSSR count). The van der Waals surface area contributed by atoms with Crippen molar-refractivity contribution in [1.29, 1.82) is 0 Å². The van der Waals surface area contributed by atoms with Crippen molar-refractivity contribution in [2.24, 2.45) is 0 Å². The van der Waals surface area contributed by atoms with E-state index >= 15 is 0 Å². The molecule has 1 fully saturated rings. The summed E-state index contributed by atoms with van der Waals surface area (Å²) in [4.78, 5) is 24.8. The molecule has 1 saturated heterocycles. The van der Waals surface area contributed by atoms with Crippen LogP contribution < -0.4 is 0 Å². The van der Waals surface area contributed by atoms with Crippen molar-refractivity contribution in [3.05, 3.63) is 40.3 Å². The summed E-state index contributed by atoms with van der Waals surface area (Å²) in [6, 6.07) is 7.76. The molecule has 124 valence electrons. The first kappa shape index (κ1) is 17.8. The van der Waals surface area contributed by atoms with Gasteiger partial charge in [-0.2, -0.15) is 0 Å². The second-order valence-electron chi connectivity index (χ2n) is 6.81. The maximum absolute atomic E-state index is 12.1. The lowest BCUT2D eigenvalue weighted by molar-refractivity contribution is -0.156. The van der Waals surface area contributed by atoms with Crippen molar-refractivity contribution in [2.75, 3.05) is 5.75 Å². The first-order chi connectivity index (χ1) is 10.8. The van der Waals surface area contributed by atoms with E-state index in [2.05, 4.69) is 0 Å². The standard InChI is InChI=1S/C19H24O3S/c1-13(18(21)22-19(2,3)4)15-9-7-14(8-10-15)12-17-16(20)6-5-11-23-17/h7-10,12-13H,5-6,11H2,1-4H3/b17-12+. The first-order valence-electron chi connectivity index (χ1n) is 7.97. The van der Waals surface area contributed by atoms with Gasteiger partial charge in [0.05, 0.1) is 10.8 Å². The molecule has 0 bridgehead atoms. The van der Waals surface area contributed by atoms with Crippen molar-refractivity contribution < 1.29 is 14.3 Å². The summed E-state index contributed by atoms with van der Waals surface area (Å²) in [7, 11) is 0. The summed E-state index contributed by atoms with van der Waals surface area (Å²) in [5.41, 5.74) is 1.43. The molecule has 1 aromatic rings. The highest BCUT2D eigenvalue weighted by Crippen LogP contribution is 2.28. The Hall–Kier alpha value is -1.55. The van der Waals surface area contributed by atoms with Gasteiger partial charge < -0.3 is 4.74 Å². The maximum Gasteiger partial charge on any atom is 0.313 e. The van der Waals surface area contributed by atoms with Crippen LogP contribution in [0.1, 0.15) is 57.6 Å². The summed E-state index contributed by atoms with van der Waals surface area (Å²) in [6.45, 7) is 7.45. The van der Waals surface area contributed by atoms with Gasteiger partial charge in [-0.1, -0.05) is 24.3 Å². The lowest BCUT2D eigenvalue weighted by Gasteiger charge is -2.22. The van der Waals surface area contributed by atoms with Crippen molar-refractivity contribution in [3.8, 4) is 0 Å². The molecule has 0 aromatic heterocycles. The zero-order valence-corrected chi connectivity index (χ0v) is 15.0. The third kappa shape index (κ3) is 5.24. The zero-order valence-electron chi connectivity index (χ0n) is 14.2. The van der Waals surface area contributed by atoms with Crippen LogP contribution in [0.25, 0.3) is 6.08 Å². The van der Waals surface area contributed by atoms with Gasteiger partial charge in [0.1, 0.15) is 5.60 Å². The molecule has 1 aliphatic rings. The molecule has 0 N–H and O–H groups in total. The number of carbonyl (C=O) groups is 2. The predicted octanol–water partition coefficient (Wildman–Crippen LogP) is 4.57. The van der Waals surface area contributed by atoms with Gasteiger partial charge in [-0.05, 0) is 57.1 Å². The number of allylic oxidation sites excluding steroid dienone is 1. The number of ketones is 1. The summed E-state index contributed by atoms with van der Waals surface area (Å²) >= 11 is 1.63. The molecule has 0 spiro atoms. The van der Waals surface area contributed by atoms with Crippen LogP contribution in [-0.2, 0) is 14.3 Å². The molecule has 1 aromatic carbocycles. The molecule has 1 atom stereocenters. The molecular formula is C19H24O3S. The van der Waals surface area contributed by atoms with Crippen molar-refractivity contribution in [2.45, 2.75) is 52.1 Å². The maximum atomic E-state index is 12.1. The first-order valence-corrected chi connectivity index (χ1v) is 8.95. The van der Waals surface area contributed by atoms with E-state index in [-0.39, 0.29) is 17.7 Å². The number of rotatable bonds is 3. The molecule has 4 heteroatoms. The molecule has 23 heavy (non-hydrogen) atoms. The normalized spacial score (nSPS) is 18.8. The van der Waals surface area contributed by atoms with E-state index in [1.807, 2.05) is 58.0 Å². The molecule has 0 aliphatic carbocycles. The monoisotopic (exact) mass is 332 g/mol. The quantitative estimate of drug-likeness (QED) is 0.601. The van der Waals surface area contributed by atoms with Crippen LogP contribution in [-0.4, -0.2) is 23.1 Å². The number of benzene rings is 1. The summed E-state index contributed by atoms with van der Waals surface area (Å²) in [6.07, 6.45) is 3.55. The number of thioether (sulfide) groups is 1. The van der Waals surface area contributed by atoms with Crippen LogP contribution in [0.15, 0.2) is 29.2 Å². The van der Waals surface area contributed by atoms with Crippen LogP contribution in [0.3, 0.4) is 0 Å². The van der Waals surface area contributed by atoms with Crippen LogP contribution in [0, 0.1) is 0 Å². The minimum atomic E-state index is -0.478. The van der Waals surface area contributed by atoms with Crippen LogP contribution in [0.5, 0.6) is 0 Å². The van der Waals surface area contributed by atoms with E-state index in [9.17, 15) is 9.59 Å². The third-order valence-electron chi connectivity index (χ3n) is 3.58. The Balaban J connectivity index is 2.08. The Bertz CT molecular complexity index is 608. The Morgan fingerprint density at radius 3 is 2.48 bits per heavy atom. The van der Waals surface area contributed by atoms with E-state index in [0.717, 1.165) is 28.2 Å². The molecule has 3 nitrogen and oxygen atoms in total. The fourth-order valence-electron chi connectivity index (χ4n) is 2.30. The van der Waals surface area contributed by atoms with Crippen molar-refractivity contribution in [3.63, 3.8) is 0 Å². The minimum Gasteiger partial charge on any atom is -0.460 e. The lowest BCUT2D eigenvalue weighted by Crippen LogP contribution is -2.26. The smallest absolute Gasteiger partial charge is 0.313 e. The number of ether oxygens (including phenoxy) is 1. The lowest BCUT2D eigenvalue weighted by atomic mass is 9.99. The zero-order chi connectivity index (χ0) is 17.0. The second kappa shape index (κ2) is 7.35. The largest absolute Gasteiger partial charge is 0.460 e. The van der Waals surface area contributed by atoms with Crippen molar-refractivity contribution >= 4 is 29.6 Å². The number of Topliss-reactive ketones (excluding diaryl/α,β-unsaturated/α-hetero) is 1. The van der Waals surface area contributed by atoms with Crippen LogP contribution in [0.4, 0.5) is 0 Å². The molecule has 0 radical (unpaired) electrons. The van der Waals surface area contributed by atoms with E-state index in [4.69, 9.17) is 4.74 Å². The fourth-order valence-corrected chi connectivity index (χ4v) is 3.29. The van der Waals surface area contributed by atoms with Gasteiger partial charge in [-0.3, -0.25) is 9.59 Å². The number of esters is 1. The Labute approximate surface area is 142 Å². The summed E-state index contributed by atoms with van der Waals surface area (Å²) < 4.78 is 5.42. The van der Waals surface area contributed by atoms with Gasteiger partial charge in [0, 0.05) is 6.42 Å². The van der Waals surface area contributed by atoms with Gasteiger partial charge in [0.2, 0.25) is 0 Å². The van der Waals surface area contributed by atoms with Gasteiger partial charge in [0.15, 0.2) is 5.78 Å². The second-order valence-corrected chi connectivity index (χ2v) is 7.94. The van der Waals surface area contributed by atoms with Gasteiger partial charge in [0.25, 0.3) is 0 Å². The van der Waals surface area contributed by atoms with Gasteiger partial charge >= 0.3 is 5.97 Å². The molecule has 0 amide bonds. The van der Waals surface area contributed by atoms with E-state index in [1.165, 1.54) is 0 Å². The average Bonchev–Trinajstić information content (AvgIpc) is 2.48. The number of hydrogen-bond acceptors (Lipinski definition) is 4. The molecule has 1 aliphatic heterocycles. The van der Waals surface area contributed by atoms with Crippen molar-refractivity contribution in [1.82, 2.24) is 0 Å². The van der Waals surface area contributed by atoms with E-state index in [0.29, 0.717) is 6.42 Å². The summed E-state index contributed by atoms with van der Waals surface area (Å²) in [5, 5.41) is 0. The Morgan fingerprint density at radius 1 is 1.26 bits per heavy atom. The Kier molecular flexibility index (Phi) is 5.69. The van der Waals surface area contributed by atoms with Crippen LogP contribution in [0.2, 0.25) is 0 Å². The number of hydrogen-bond donors (Lipinski definition) is 0. The van der Waals surface area contributed by atoms with Gasteiger partial charge in [-0.15, -0.1) is 11.8 Å². The van der Waals surface area contributed by atoms with E-state index in [1.54, 1.807) is 11.8 Å². The van der Waals surface area contributed by atoms with Gasteiger partial charge in [-0.25, -0.2) is 0 Å². The molecular weight excluding hydrogens is 308 g/mol. The van der Waals surface area contributed by atoms with Crippen LogP contribution >= 0.6 is 11.8 Å². The Morgan fingerprint density at radius 2 is 1.91 bits per heavy atom. The van der Waals surface area contributed by atoms with E-state index < -0.39 is 5.60 Å². The fraction of sp³-hybridized carbons (Fsp3) is 0.474. The predicted molar refractivity (Wildman–Crippen MR) is 95.4 cm³/mol. The molecule has 0 saturated carbocycles.